The normalized spacial score (nSPS) is 10.2. The molecule has 110 valence electrons. The highest BCUT2D eigenvalue weighted by Crippen LogP contribution is 2.16. The number of rotatable bonds is 10. The zero-order chi connectivity index (χ0) is 14.6. The highest BCUT2D eigenvalue weighted by molar-refractivity contribution is 5.83. The Bertz CT molecular complexity index is 410. The van der Waals surface area contributed by atoms with Crippen molar-refractivity contribution in [1.29, 1.82) is 0 Å². The molecule has 0 N–H and O–H groups in total. The molecule has 0 amide bonds. The van der Waals surface area contributed by atoms with Crippen LogP contribution >= 0.6 is 0 Å². The van der Waals surface area contributed by atoms with Crippen LogP contribution in [-0.2, 0) is 11.2 Å². The third-order valence-electron chi connectivity index (χ3n) is 3.35. The second kappa shape index (κ2) is 10.2. The molecule has 0 radical (unpaired) electrons. The van der Waals surface area contributed by atoms with Gasteiger partial charge in [-0.1, -0.05) is 64.2 Å². The number of hydrogen-bond acceptors (Lipinski definition) is 2. The molecular formula is C18H26O2. The number of esters is 1. The van der Waals surface area contributed by atoms with Crippen molar-refractivity contribution in [2.75, 3.05) is 0 Å². The van der Waals surface area contributed by atoms with Crippen LogP contribution < -0.4 is 4.74 Å². The van der Waals surface area contributed by atoms with Crippen molar-refractivity contribution >= 4 is 5.97 Å². The van der Waals surface area contributed by atoms with Crippen LogP contribution in [0, 0.1) is 0 Å². The van der Waals surface area contributed by atoms with E-state index in [2.05, 4.69) is 19.6 Å². The highest BCUT2D eigenvalue weighted by Gasteiger charge is 2.01. The predicted molar refractivity (Wildman–Crippen MR) is 84.0 cm³/mol. The standard InChI is InChI=1S/C18H26O2/c1-3-5-6-7-8-9-10-12-16-13-11-14-17(15-16)20-18(19)4-2/h4,11,13-15H,2-3,5-10,12H2,1H3. The van der Waals surface area contributed by atoms with E-state index in [-0.39, 0.29) is 0 Å². The summed E-state index contributed by atoms with van der Waals surface area (Å²) in [7, 11) is 0. The van der Waals surface area contributed by atoms with Crippen molar-refractivity contribution < 1.29 is 9.53 Å². The second-order valence-electron chi connectivity index (χ2n) is 5.14. The quantitative estimate of drug-likeness (QED) is 0.258. The number of hydrogen-bond donors (Lipinski definition) is 0. The van der Waals surface area contributed by atoms with Crippen LogP contribution in [0.4, 0.5) is 0 Å². The summed E-state index contributed by atoms with van der Waals surface area (Å²) >= 11 is 0. The largest absolute Gasteiger partial charge is 0.423 e. The number of unbranched alkanes of at least 4 members (excludes halogenated alkanes) is 6. The van der Waals surface area contributed by atoms with E-state index in [0.717, 1.165) is 6.42 Å². The van der Waals surface area contributed by atoms with Crippen LogP contribution in [0.3, 0.4) is 0 Å². The first-order chi connectivity index (χ1) is 9.76. The summed E-state index contributed by atoms with van der Waals surface area (Å²) in [6.07, 6.45) is 11.4. The van der Waals surface area contributed by atoms with Gasteiger partial charge in [-0.2, -0.15) is 0 Å². The van der Waals surface area contributed by atoms with E-state index in [1.165, 1.54) is 56.6 Å². The Labute approximate surface area is 122 Å². The van der Waals surface area contributed by atoms with Gasteiger partial charge >= 0.3 is 5.97 Å². The number of carbonyl (C=O) groups is 1. The minimum Gasteiger partial charge on any atom is -0.423 e. The van der Waals surface area contributed by atoms with Gasteiger partial charge in [-0.3, -0.25) is 0 Å². The molecule has 1 aromatic carbocycles. The van der Waals surface area contributed by atoms with E-state index in [0.29, 0.717) is 5.75 Å². The molecule has 0 aliphatic carbocycles. The Balaban J connectivity index is 2.24. The highest BCUT2D eigenvalue weighted by atomic mass is 16.5. The van der Waals surface area contributed by atoms with Gasteiger partial charge in [0, 0.05) is 6.08 Å². The smallest absolute Gasteiger partial charge is 0.335 e. The lowest BCUT2D eigenvalue weighted by molar-refractivity contribution is -0.128. The molecule has 0 spiro atoms. The molecule has 0 saturated carbocycles. The summed E-state index contributed by atoms with van der Waals surface area (Å²) < 4.78 is 5.12. The van der Waals surface area contributed by atoms with Crippen molar-refractivity contribution in [3.8, 4) is 5.75 Å². The van der Waals surface area contributed by atoms with Gasteiger partial charge in [-0.25, -0.2) is 4.79 Å². The van der Waals surface area contributed by atoms with Gasteiger partial charge < -0.3 is 4.74 Å². The Morgan fingerprint density at radius 1 is 1.15 bits per heavy atom. The van der Waals surface area contributed by atoms with Crippen molar-refractivity contribution in [3.05, 3.63) is 42.5 Å². The van der Waals surface area contributed by atoms with Gasteiger partial charge in [-0.15, -0.1) is 0 Å². The SMILES string of the molecule is C=CC(=O)Oc1cccc(CCCCCCCCC)c1. The van der Waals surface area contributed by atoms with Gasteiger partial charge in [-0.05, 0) is 30.5 Å². The number of ether oxygens (including phenoxy) is 1. The van der Waals surface area contributed by atoms with Crippen LogP contribution in [0.25, 0.3) is 0 Å². The molecule has 0 atom stereocenters. The fraction of sp³-hybridized carbons (Fsp3) is 0.500. The van der Waals surface area contributed by atoms with Crippen LogP contribution in [0.15, 0.2) is 36.9 Å². The Hall–Kier alpha value is -1.57. The van der Waals surface area contributed by atoms with E-state index >= 15 is 0 Å². The summed E-state index contributed by atoms with van der Waals surface area (Å²) in [5.41, 5.74) is 1.23. The Morgan fingerprint density at radius 3 is 2.55 bits per heavy atom. The average Bonchev–Trinajstić information content (AvgIpc) is 2.46. The number of aryl methyl sites for hydroxylation is 1. The maximum Gasteiger partial charge on any atom is 0.335 e. The van der Waals surface area contributed by atoms with E-state index in [4.69, 9.17) is 4.74 Å². The molecular weight excluding hydrogens is 248 g/mol. The Kier molecular flexibility index (Phi) is 8.44. The fourth-order valence-electron chi connectivity index (χ4n) is 2.21. The van der Waals surface area contributed by atoms with E-state index in [1.54, 1.807) is 6.07 Å². The van der Waals surface area contributed by atoms with Gasteiger partial charge in [0.15, 0.2) is 0 Å². The molecule has 0 bridgehead atoms. The fourth-order valence-corrected chi connectivity index (χ4v) is 2.21. The third kappa shape index (κ3) is 7.13. The summed E-state index contributed by atoms with van der Waals surface area (Å²) in [5, 5.41) is 0. The molecule has 0 aliphatic heterocycles. The first-order valence-corrected chi connectivity index (χ1v) is 7.69. The lowest BCUT2D eigenvalue weighted by atomic mass is 10.0. The average molecular weight is 274 g/mol. The third-order valence-corrected chi connectivity index (χ3v) is 3.35. The van der Waals surface area contributed by atoms with Crippen molar-refractivity contribution in [1.82, 2.24) is 0 Å². The summed E-state index contributed by atoms with van der Waals surface area (Å²) in [6.45, 7) is 5.64. The van der Waals surface area contributed by atoms with E-state index < -0.39 is 5.97 Å². The van der Waals surface area contributed by atoms with Crippen LogP contribution in [0.1, 0.15) is 57.4 Å². The van der Waals surface area contributed by atoms with Crippen LogP contribution in [0.2, 0.25) is 0 Å². The summed E-state index contributed by atoms with van der Waals surface area (Å²) in [6, 6.07) is 7.76. The number of benzene rings is 1. The topological polar surface area (TPSA) is 26.3 Å². The van der Waals surface area contributed by atoms with Gasteiger partial charge in [0.25, 0.3) is 0 Å². The number of carbonyl (C=O) groups excluding carboxylic acids is 1. The molecule has 2 nitrogen and oxygen atoms in total. The van der Waals surface area contributed by atoms with Crippen molar-refractivity contribution in [2.45, 2.75) is 58.3 Å². The van der Waals surface area contributed by atoms with E-state index in [1.807, 2.05) is 12.1 Å². The maximum atomic E-state index is 11.1. The zero-order valence-electron chi connectivity index (χ0n) is 12.6. The molecule has 1 aromatic rings. The van der Waals surface area contributed by atoms with Gasteiger partial charge in [0.1, 0.15) is 5.75 Å². The molecule has 0 fully saturated rings. The first-order valence-electron chi connectivity index (χ1n) is 7.69. The molecule has 0 heterocycles. The molecule has 0 aromatic heterocycles. The van der Waals surface area contributed by atoms with Crippen LogP contribution in [0.5, 0.6) is 5.75 Å². The van der Waals surface area contributed by atoms with Crippen LogP contribution in [-0.4, -0.2) is 5.97 Å². The lowest BCUT2D eigenvalue weighted by Gasteiger charge is -2.05. The molecule has 0 unspecified atom stereocenters. The predicted octanol–water partition coefficient (Wildman–Crippen LogP) is 5.07. The van der Waals surface area contributed by atoms with Crippen molar-refractivity contribution in [3.63, 3.8) is 0 Å². The van der Waals surface area contributed by atoms with Gasteiger partial charge in [0.2, 0.25) is 0 Å². The monoisotopic (exact) mass is 274 g/mol. The molecule has 1 rings (SSSR count). The second-order valence-corrected chi connectivity index (χ2v) is 5.14. The molecule has 0 aliphatic rings. The summed E-state index contributed by atoms with van der Waals surface area (Å²) in [5.74, 6) is 0.202. The maximum absolute atomic E-state index is 11.1. The molecule has 20 heavy (non-hydrogen) atoms. The van der Waals surface area contributed by atoms with Gasteiger partial charge in [0.05, 0.1) is 0 Å². The molecule has 2 heteroatoms. The minimum atomic E-state index is -0.405. The summed E-state index contributed by atoms with van der Waals surface area (Å²) in [4.78, 5) is 11.1. The van der Waals surface area contributed by atoms with Crippen molar-refractivity contribution in [2.24, 2.45) is 0 Å². The lowest BCUT2D eigenvalue weighted by Crippen LogP contribution is -2.03. The minimum absolute atomic E-state index is 0.405. The first kappa shape index (κ1) is 16.5. The van der Waals surface area contributed by atoms with E-state index in [9.17, 15) is 4.79 Å². The molecule has 0 saturated heterocycles. The Morgan fingerprint density at radius 2 is 1.85 bits per heavy atom. The zero-order valence-corrected chi connectivity index (χ0v) is 12.6.